The van der Waals surface area contributed by atoms with Gasteiger partial charge in [-0.05, 0) is 35.6 Å². The van der Waals surface area contributed by atoms with Crippen LogP contribution in [0.5, 0.6) is 0 Å². The van der Waals surface area contributed by atoms with Crippen LogP contribution in [0, 0.1) is 6.92 Å². The number of sulfonamides is 1. The summed E-state index contributed by atoms with van der Waals surface area (Å²) in [5.41, 5.74) is 3.66. The molecule has 2 aromatic carbocycles. The van der Waals surface area contributed by atoms with E-state index in [-0.39, 0.29) is 16.9 Å². The van der Waals surface area contributed by atoms with Crippen LogP contribution >= 0.6 is 11.8 Å². The monoisotopic (exact) mass is 444 g/mol. The molecular weight excluding hydrogens is 416 g/mol. The molecule has 0 bridgehead atoms. The number of hydrogen-bond donors (Lipinski definition) is 1. The van der Waals surface area contributed by atoms with Crippen LogP contribution < -0.4 is 4.72 Å². The Morgan fingerprint density at radius 3 is 2.23 bits per heavy atom. The lowest BCUT2D eigenvalue weighted by Crippen LogP contribution is -2.24. The van der Waals surface area contributed by atoms with E-state index in [0.29, 0.717) is 5.82 Å². The summed E-state index contributed by atoms with van der Waals surface area (Å²) in [4.78, 5) is 0.239. The van der Waals surface area contributed by atoms with Gasteiger partial charge in [0, 0.05) is 12.8 Å². The molecule has 0 spiro atoms. The van der Waals surface area contributed by atoms with Crippen molar-refractivity contribution in [3.05, 3.63) is 71.0 Å². The minimum absolute atomic E-state index is 0.0839. The van der Waals surface area contributed by atoms with Crippen molar-refractivity contribution in [3.63, 3.8) is 0 Å². The van der Waals surface area contributed by atoms with Gasteiger partial charge >= 0.3 is 0 Å². The van der Waals surface area contributed by atoms with Crippen LogP contribution in [-0.4, -0.2) is 23.2 Å². The van der Waals surface area contributed by atoms with E-state index in [2.05, 4.69) is 60.0 Å². The second-order valence-corrected chi connectivity index (χ2v) is 11.0. The molecular formula is C22H28N4O2S2. The molecule has 0 aliphatic carbocycles. The van der Waals surface area contributed by atoms with E-state index in [4.69, 9.17) is 0 Å². The Kier molecular flexibility index (Phi) is 6.69. The van der Waals surface area contributed by atoms with E-state index in [1.165, 1.54) is 11.1 Å². The average molecular weight is 445 g/mol. The number of aromatic nitrogens is 3. The fraction of sp³-hybridized carbons (Fsp3) is 0.364. The lowest BCUT2D eigenvalue weighted by atomic mass is 9.87. The third-order valence-electron chi connectivity index (χ3n) is 4.86. The fourth-order valence-corrected chi connectivity index (χ4v) is 4.70. The highest BCUT2D eigenvalue weighted by Crippen LogP contribution is 2.25. The Hall–Kier alpha value is -2.16. The lowest BCUT2D eigenvalue weighted by Gasteiger charge is -2.19. The zero-order chi connectivity index (χ0) is 21.9. The lowest BCUT2D eigenvalue weighted by molar-refractivity contribution is 0.576. The molecule has 0 saturated heterocycles. The number of rotatable bonds is 7. The molecule has 160 valence electrons. The second-order valence-electron chi connectivity index (χ2n) is 8.33. The van der Waals surface area contributed by atoms with Crippen LogP contribution in [0.25, 0.3) is 0 Å². The maximum absolute atomic E-state index is 12.5. The zero-order valence-corrected chi connectivity index (χ0v) is 19.6. The molecule has 1 heterocycles. The molecule has 0 unspecified atom stereocenters. The highest BCUT2D eigenvalue weighted by atomic mass is 32.2. The maximum atomic E-state index is 12.5. The number of nitrogens with zero attached hydrogens (tertiary/aromatic N) is 3. The van der Waals surface area contributed by atoms with Gasteiger partial charge in [0.1, 0.15) is 5.82 Å². The summed E-state index contributed by atoms with van der Waals surface area (Å²) in [6.07, 6.45) is 0. The predicted molar refractivity (Wildman–Crippen MR) is 121 cm³/mol. The van der Waals surface area contributed by atoms with Crippen molar-refractivity contribution in [3.8, 4) is 0 Å². The summed E-state index contributed by atoms with van der Waals surface area (Å²) in [5, 5.41) is 9.11. The van der Waals surface area contributed by atoms with Crippen LogP contribution in [0.4, 0.5) is 0 Å². The van der Waals surface area contributed by atoms with Crippen molar-refractivity contribution in [2.45, 2.75) is 55.5 Å². The summed E-state index contributed by atoms with van der Waals surface area (Å²) in [7, 11) is -1.74. The molecule has 0 atom stereocenters. The number of hydrogen-bond acceptors (Lipinski definition) is 5. The molecule has 3 rings (SSSR count). The van der Waals surface area contributed by atoms with E-state index in [1.54, 1.807) is 36.0 Å². The summed E-state index contributed by atoms with van der Waals surface area (Å²) >= 11 is 1.58. The Morgan fingerprint density at radius 2 is 1.63 bits per heavy atom. The first-order valence-electron chi connectivity index (χ1n) is 9.73. The largest absolute Gasteiger partial charge is 0.308 e. The smallest absolute Gasteiger partial charge is 0.240 e. The van der Waals surface area contributed by atoms with Gasteiger partial charge in [0.2, 0.25) is 10.0 Å². The van der Waals surface area contributed by atoms with E-state index in [0.717, 1.165) is 16.5 Å². The fourth-order valence-electron chi connectivity index (χ4n) is 2.83. The first kappa shape index (κ1) is 22.5. The number of benzene rings is 2. The van der Waals surface area contributed by atoms with Crippen molar-refractivity contribution < 1.29 is 8.42 Å². The average Bonchev–Trinajstić information content (AvgIpc) is 3.04. The van der Waals surface area contributed by atoms with Crippen molar-refractivity contribution >= 4 is 21.8 Å². The summed E-state index contributed by atoms with van der Waals surface area (Å²) in [5.74, 6) is 1.34. The minimum atomic E-state index is -3.59. The molecule has 3 aromatic rings. The van der Waals surface area contributed by atoms with Crippen LogP contribution in [0.1, 0.15) is 43.3 Å². The van der Waals surface area contributed by atoms with Gasteiger partial charge in [-0.3, -0.25) is 0 Å². The SMILES string of the molecule is Cc1ccc(S(=O)(=O)NCc2nnc(SCc3ccc(C(C)(C)C)cc3)n2C)cc1. The molecule has 0 aliphatic rings. The van der Waals surface area contributed by atoms with Crippen molar-refractivity contribution in [1.82, 2.24) is 19.5 Å². The Bertz CT molecular complexity index is 1100. The standard InChI is InChI=1S/C22H28N4O2S2/c1-16-6-12-19(13-7-16)30(27,28)23-14-20-24-25-21(26(20)5)29-15-17-8-10-18(11-9-17)22(2,3)4/h6-13,23H,14-15H2,1-5H3. The van der Waals surface area contributed by atoms with E-state index >= 15 is 0 Å². The molecule has 6 nitrogen and oxygen atoms in total. The van der Waals surface area contributed by atoms with Crippen molar-refractivity contribution in [2.75, 3.05) is 0 Å². The topological polar surface area (TPSA) is 76.9 Å². The van der Waals surface area contributed by atoms with Crippen molar-refractivity contribution in [1.29, 1.82) is 0 Å². The van der Waals surface area contributed by atoms with Crippen LogP contribution in [0.3, 0.4) is 0 Å². The van der Waals surface area contributed by atoms with Gasteiger partial charge in [0.25, 0.3) is 0 Å². The van der Waals surface area contributed by atoms with Gasteiger partial charge in [-0.1, -0.05) is 74.5 Å². The molecule has 0 amide bonds. The molecule has 0 radical (unpaired) electrons. The molecule has 0 fully saturated rings. The molecule has 30 heavy (non-hydrogen) atoms. The van der Waals surface area contributed by atoms with Crippen LogP contribution in [0.15, 0.2) is 58.6 Å². The van der Waals surface area contributed by atoms with Gasteiger partial charge in [0.05, 0.1) is 11.4 Å². The first-order chi connectivity index (χ1) is 14.1. The van der Waals surface area contributed by atoms with Crippen molar-refractivity contribution in [2.24, 2.45) is 7.05 Å². The van der Waals surface area contributed by atoms with E-state index in [9.17, 15) is 8.42 Å². The quantitative estimate of drug-likeness (QED) is 0.553. The summed E-state index contributed by atoms with van der Waals surface area (Å²) < 4.78 is 29.4. The maximum Gasteiger partial charge on any atom is 0.240 e. The molecule has 1 aromatic heterocycles. The third kappa shape index (κ3) is 5.50. The summed E-state index contributed by atoms with van der Waals surface area (Å²) in [6.45, 7) is 8.60. The highest BCUT2D eigenvalue weighted by molar-refractivity contribution is 7.98. The van der Waals surface area contributed by atoms with Crippen LogP contribution in [-0.2, 0) is 34.8 Å². The van der Waals surface area contributed by atoms with Crippen LogP contribution in [0.2, 0.25) is 0 Å². The summed E-state index contributed by atoms with van der Waals surface area (Å²) in [6, 6.07) is 15.4. The Labute approximate surface area is 183 Å². The third-order valence-corrected chi connectivity index (χ3v) is 7.37. The Balaban J connectivity index is 1.61. The number of aryl methyl sites for hydroxylation is 1. The number of thioether (sulfide) groups is 1. The zero-order valence-electron chi connectivity index (χ0n) is 18.0. The predicted octanol–water partition coefficient (Wildman–Crippen LogP) is 4.19. The minimum Gasteiger partial charge on any atom is -0.308 e. The highest BCUT2D eigenvalue weighted by Gasteiger charge is 2.17. The van der Waals surface area contributed by atoms with E-state index in [1.807, 2.05) is 18.5 Å². The molecule has 8 heteroatoms. The van der Waals surface area contributed by atoms with E-state index < -0.39 is 10.0 Å². The Morgan fingerprint density at radius 1 is 1.00 bits per heavy atom. The van der Waals surface area contributed by atoms with Gasteiger partial charge in [0.15, 0.2) is 5.16 Å². The molecule has 1 N–H and O–H groups in total. The second kappa shape index (κ2) is 8.91. The normalized spacial score (nSPS) is 12.3. The molecule has 0 saturated carbocycles. The van der Waals surface area contributed by atoms with Gasteiger partial charge < -0.3 is 4.57 Å². The van der Waals surface area contributed by atoms with Gasteiger partial charge in [-0.25, -0.2) is 13.1 Å². The molecule has 0 aliphatic heterocycles. The van der Waals surface area contributed by atoms with Gasteiger partial charge in [-0.2, -0.15) is 0 Å². The first-order valence-corrected chi connectivity index (χ1v) is 12.2. The number of nitrogens with one attached hydrogen (secondary N) is 1. The van der Waals surface area contributed by atoms with Gasteiger partial charge in [-0.15, -0.1) is 10.2 Å².